The van der Waals surface area contributed by atoms with Gasteiger partial charge in [-0.25, -0.2) is 0 Å². The summed E-state index contributed by atoms with van der Waals surface area (Å²) in [5, 5.41) is 6.42. The molecule has 3 aromatic rings. The molecule has 27 heavy (non-hydrogen) atoms. The van der Waals surface area contributed by atoms with Crippen LogP contribution in [0.25, 0.3) is 0 Å². The van der Waals surface area contributed by atoms with Gasteiger partial charge in [0.2, 0.25) is 0 Å². The van der Waals surface area contributed by atoms with Crippen LogP contribution in [0, 0.1) is 13.8 Å². The Labute approximate surface area is 164 Å². The Kier molecular flexibility index (Phi) is 5.96. The van der Waals surface area contributed by atoms with Gasteiger partial charge in [0, 0.05) is 25.4 Å². The van der Waals surface area contributed by atoms with Crippen molar-refractivity contribution in [3.05, 3.63) is 69.2 Å². The van der Waals surface area contributed by atoms with E-state index in [2.05, 4.69) is 18.1 Å². The molecule has 0 atom stereocenters. The number of benzene rings is 1. The first-order valence-electron chi connectivity index (χ1n) is 9.01. The number of aryl methyl sites for hydroxylation is 3. The van der Waals surface area contributed by atoms with Gasteiger partial charge in [0.25, 0.3) is 5.91 Å². The minimum Gasteiger partial charge on any atom is -0.489 e. The van der Waals surface area contributed by atoms with Crippen LogP contribution >= 0.6 is 11.3 Å². The Hall–Kier alpha value is -2.60. The van der Waals surface area contributed by atoms with E-state index in [1.54, 1.807) is 11.9 Å². The van der Waals surface area contributed by atoms with Gasteiger partial charge in [0.05, 0.1) is 17.1 Å². The fourth-order valence-electron chi connectivity index (χ4n) is 2.85. The lowest BCUT2D eigenvalue weighted by Gasteiger charge is -2.14. The number of amides is 1. The molecule has 0 aliphatic heterocycles. The largest absolute Gasteiger partial charge is 0.489 e. The predicted octanol–water partition coefficient (Wildman–Crippen LogP) is 4.43. The number of carbonyl (C=O) groups excluding carboxylic acids is 1. The Bertz CT molecular complexity index is 929. The zero-order valence-electron chi connectivity index (χ0n) is 16.2. The SMILES string of the molecule is CCn1ccc(CN(C)C(=O)c2cc(COc3ccc(C)cc3C)cs2)n1. The third-order valence-electron chi connectivity index (χ3n) is 4.36. The maximum absolute atomic E-state index is 12.7. The van der Waals surface area contributed by atoms with Crippen LogP contribution in [0.3, 0.4) is 0 Å². The third-order valence-corrected chi connectivity index (χ3v) is 5.32. The third kappa shape index (κ3) is 4.77. The Morgan fingerprint density at radius 2 is 2.07 bits per heavy atom. The highest BCUT2D eigenvalue weighted by Gasteiger charge is 2.16. The summed E-state index contributed by atoms with van der Waals surface area (Å²) >= 11 is 1.45. The molecular weight excluding hydrogens is 358 g/mol. The standard InChI is InChI=1S/C21H25N3O2S/c1-5-24-9-8-18(22-24)12-23(4)21(25)20-11-17(14-27-20)13-26-19-7-6-15(2)10-16(19)3/h6-11,14H,5,12-13H2,1-4H3. The number of rotatable bonds is 7. The fourth-order valence-corrected chi connectivity index (χ4v) is 3.74. The zero-order chi connectivity index (χ0) is 19.4. The highest BCUT2D eigenvalue weighted by atomic mass is 32.1. The first kappa shape index (κ1) is 19.2. The van der Waals surface area contributed by atoms with Crippen molar-refractivity contribution in [1.29, 1.82) is 0 Å². The first-order valence-corrected chi connectivity index (χ1v) is 9.89. The average Bonchev–Trinajstić information content (AvgIpc) is 3.29. The summed E-state index contributed by atoms with van der Waals surface area (Å²) in [6.45, 7) is 7.93. The van der Waals surface area contributed by atoms with Crippen LogP contribution in [-0.2, 0) is 19.7 Å². The van der Waals surface area contributed by atoms with Crippen molar-refractivity contribution < 1.29 is 9.53 Å². The van der Waals surface area contributed by atoms with Gasteiger partial charge in [0.15, 0.2) is 0 Å². The molecule has 0 fully saturated rings. The van der Waals surface area contributed by atoms with Gasteiger partial charge in [-0.1, -0.05) is 17.7 Å². The molecule has 0 bridgehead atoms. The van der Waals surface area contributed by atoms with E-state index in [0.717, 1.165) is 29.1 Å². The number of ether oxygens (including phenoxy) is 1. The lowest BCUT2D eigenvalue weighted by Crippen LogP contribution is -2.25. The Morgan fingerprint density at radius 3 is 2.78 bits per heavy atom. The van der Waals surface area contributed by atoms with Gasteiger partial charge in [0.1, 0.15) is 12.4 Å². The van der Waals surface area contributed by atoms with Gasteiger partial charge in [-0.05, 0) is 49.9 Å². The van der Waals surface area contributed by atoms with E-state index in [9.17, 15) is 4.79 Å². The topological polar surface area (TPSA) is 47.4 Å². The molecule has 5 nitrogen and oxygen atoms in total. The highest BCUT2D eigenvalue weighted by molar-refractivity contribution is 7.12. The van der Waals surface area contributed by atoms with Crippen molar-refractivity contribution in [2.75, 3.05) is 7.05 Å². The normalized spacial score (nSPS) is 10.8. The molecule has 142 valence electrons. The molecule has 0 spiro atoms. The first-order chi connectivity index (χ1) is 13.0. The molecule has 1 aromatic carbocycles. The van der Waals surface area contributed by atoms with Crippen molar-refractivity contribution in [2.45, 2.75) is 40.5 Å². The lowest BCUT2D eigenvalue weighted by atomic mass is 10.1. The molecule has 0 N–H and O–H groups in total. The highest BCUT2D eigenvalue weighted by Crippen LogP contribution is 2.22. The summed E-state index contributed by atoms with van der Waals surface area (Å²) in [6.07, 6.45) is 1.93. The van der Waals surface area contributed by atoms with Gasteiger partial charge < -0.3 is 9.64 Å². The van der Waals surface area contributed by atoms with Crippen LogP contribution in [-0.4, -0.2) is 27.6 Å². The van der Waals surface area contributed by atoms with E-state index < -0.39 is 0 Å². The van der Waals surface area contributed by atoms with E-state index in [4.69, 9.17) is 4.74 Å². The lowest BCUT2D eigenvalue weighted by molar-refractivity contribution is 0.0788. The fraction of sp³-hybridized carbons (Fsp3) is 0.333. The van der Waals surface area contributed by atoms with E-state index in [1.165, 1.54) is 16.9 Å². The predicted molar refractivity (Wildman–Crippen MR) is 108 cm³/mol. The van der Waals surface area contributed by atoms with Crippen LogP contribution in [0.1, 0.15) is 39.0 Å². The van der Waals surface area contributed by atoms with Crippen molar-refractivity contribution in [3.8, 4) is 5.75 Å². The van der Waals surface area contributed by atoms with Gasteiger partial charge in [-0.2, -0.15) is 5.10 Å². The zero-order valence-corrected chi connectivity index (χ0v) is 17.0. The average molecular weight is 384 g/mol. The quantitative estimate of drug-likeness (QED) is 0.606. The molecule has 0 saturated carbocycles. The number of carbonyl (C=O) groups is 1. The van der Waals surface area contributed by atoms with E-state index in [1.807, 2.05) is 54.4 Å². The van der Waals surface area contributed by atoms with Gasteiger partial charge in [-0.3, -0.25) is 9.48 Å². The van der Waals surface area contributed by atoms with Crippen molar-refractivity contribution in [1.82, 2.24) is 14.7 Å². The summed E-state index contributed by atoms with van der Waals surface area (Å²) in [5.74, 6) is 0.882. The summed E-state index contributed by atoms with van der Waals surface area (Å²) in [6, 6.07) is 10.0. The van der Waals surface area contributed by atoms with E-state index >= 15 is 0 Å². The molecule has 1 amide bonds. The molecule has 0 aliphatic carbocycles. The number of thiophene rings is 1. The smallest absolute Gasteiger partial charge is 0.264 e. The van der Waals surface area contributed by atoms with Crippen LogP contribution in [0.15, 0.2) is 41.9 Å². The number of aromatic nitrogens is 2. The Morgan fingerprint density at radius 1 is 1.26 bits per heavy atom. The van der Waals surface area contributed by atoms with Gasteiger partial charge in [-0.15, -0.1) is 11.3 Å². The summed E-state index contributed by atoms with van der Waals surface area (Å²) in [7, 11) is 1.80. The number of hydrogen-bond donors (Lipinski definition) is 0. The molecule has 0 aliphatic rings. The van der Waals surface area contributed by atoms with Crippen LogP contribution in [0.5, 0.6) is 5.75 Å². The summed E-state index contributed by atoms with van der Waals surface area (Å²) in [5.41, 5.74) is 4.23. The van der Waals surface area contributed by atoms with Crippen molar-refractivity contribution in [2.24, 2.45) is 0 Å². The second-order valence-corrected chi connectivity index (χ2v) is 7.61. The maximum Gasteiger partial charge on any atom is 0.264 e. The summed E-state index contributed by atoms with van der Waals surface area (Å²) < 4.78 is 7.77. The summed E-state index contributed by atoms with van der Waals surface area (Å²) in [4.78, 5) is 15.1. The molecule has 2 heterocycles. The van der Waals surface area contributed by atoms with Crippen LogP contribution in [0.4, 0.5) is 0 Å². The van der Waals surface area contributed by atoms with Crippen molar-refractivity contribution in [3.63, 3.8) is 0 Å². The minimum absolute atomic E-state index is 0.00353. The molecular formula is C21H25N3O2S. The monoisotopic (exact) mass is 383 g/mol. The number of hydrogen-bond acceptors (Lipinski definition) is 4. The van der Waals surface area contributed by atoms with E-state index in [-0.39, 0.29) is 5.91 Å². The minimum atomic E-state index is 0.00353. The molecule has 6 heteroatoms. The second-order valence-electron chi connectivity index (χ2n) is 6.70. The van der Waals surface area contributed by atoms with Crippen LogP contribution in [0.2, 0.25) is 0 Å². The van der Waals surface area contributed by atoms with E-state index in [0.29, 0.717) is 18.0 Å². The molecule has 0 saturated heterocycles. The van der Waals surface area contributed by atoms with Crippen LogP contribution < -0.4 is 4.74 Å². The van der Waals surface area contributed by atoms with Crippen molar-refractivity contribution >= 4 is 17.2 Å². The molecule has 3 rings (SSSR count). The molecule has 0 radical (unpaired) electrons. The molecule has 0 unspecified atom stereocenters. The number of nitrogens with zero attached hydrogens (tertiary/aromatic N) is 3. The maximum atomic E-state index is 12.7. The second kappa shape index (κ2) is 8.39. The Balaban J connectivity index is 1.59. The molecule has 2 aromatic heterocycles. The van der Waals surface area contributed by atoms with Gasteiger partial charge >= 0.3 is 0 Å².